The lowest BCUT2D eigenvalue weighted by molar-refractivity contribution is -0.0401. The maximum Gasteiger partial charge on any atom is 0.408 e. The van der Waals surface area contributed by atoms with Crippen molar-refractivity contribution in [1.29, 1.82) is 0 Å². The number of nitrogens with one attached hydrogen (secondary N) is 2. The van der Waals surface area contributed by atoms with E-state index in [2.05, 4.69) is 60.2 Å². The maximum absolute atomic E-state index is 11.7. The molecule has 2 N–H and O–H groups in total. The van der Waals surface area contributed by atoms with Gasteiger partial charge in [-0.2, -0.15) is 0 Å². The third-order valence-electron chi connectivity index (χ3n) is 6.21. The second-order valence-electron chi connectivity index (χ2n) is 8.00. The van der Waals surface area contributed by atoms with E-state index >= 15 is 0 Å². The van der Waals surface area contributed by atoms with Gasteiger partial charge in [-0.15, -0.1) is 0 Å². The van der Waals surface area contributed by atoms with Crippen LogP contribution in [0.1, 0.15) is 37.9 Å². The molecule has 2 aliphatic rings. The van der Waals surface area contributed by atoms with Crippen LogP contribution in [0.25, 0.3) is 10.9 Å². The number of nitrogens with zero attached hydrogens (tertiary/aromatic N) is 1. The van der Waals surface area contributed by atoms with Gasteiger partial charge < -0.3 is 19.9 Å². The van der Waals surface area contributed by atoms with Crippen molar-refractivity contribution in [3.05, 3.63) is 35.5 Å². The molecule has 5 heteroatoms. The molecule has 4 rings (SSSR count). The van der Waals surface area contributed by atoms with Gasteiger partial charge in [0.05, 0.1) is 5.54 Å². The summed E-state index contributed by atoms with van der Waals surface area (Å²) in [6, 6.07) is 8.52. The number of alkyl carbamates (subject to hydrolysis) is 1. The molecule has 1 spiro atoms. The van der Waals surface area contributed by atoms with Crippen LogP contribution < -0.4 is 5.32 Å². The molecule has 25 heavy (non-hydrogen) atoms. The van der Waals surface area contributed by atoms with E-state index in [9.17, 15) is 4.79 Å². The lowest BCUT2D eigenvalue weighted by atomic mass is 9.76. The number of carbonyl (C=O) groups excluding carboxylic acids is 1. The van der Waals surface area contributed by atoms with E-state index < -0.39 is 0 Å². The summed E-state index contributed by atoms with van der Waals surface area (Å²) in [5.41, 5.74) is 3.27. The molecule has 0 atom stereocenters. The molecule has 1 aromatic carbocycles. The number of para-hydroxylation sites is 1. The van der Waals surface area contributed by atoms with Crippen molar-refractivity contribution in [2.75, 3.05) is 19.6 Å². The fourth-order valence-corrected chi connectivity index (χ4v) is 4.49. The molecule has 5 nitrogen and oxygen atoms in total. The molecule has 3 heterocycles. The Hall–Kier alpha value is -2.01. The standard InChI is InChI=1S/C20H27N3O2/c1-14-15(16-6-4-5-7-17(16)21-14)8-11-23-12-9-20(10-13-23)19(2,3)22-18(24)25-20/h4-7,21H,8-13H2,1-3H3,(H,22,24). The number of H-pyrrole nitrogens is 1. The molecule has 1 aromatic heterocycles. The second-order valence-corrected chi connectivity index (χ2v) is 8.00. The Morgan fingerprint density at radius 3 is 2.60 bits per heavy atom. The zero-order valence-corrected chi connectivity index (χ0v) is 15.3. The van der Waals surface area contributed by atoms with Crippen LogP contribution in [0, 0.1) is 6.92 Å². The number of fused-ring (bicyclic) bond motifs is 1. The van der Waals surface area contributed by atoms with Gasteiger partial charge in [-0.05, 0) is 38.8 Å². The summed E-state index contributed by atoms with van der Waals surface area (Å²) in [5.74, 6) is 0. The molecule has 2 saturated heterocycles. The highest BCUT2D eigenvalue weighted by Crippen LogP contribution is 2.40. The summed E-state index contributed by atoms with van der Waals surface area (Å²) in [5, 5.41) is 4.30. The number of aromatic nitrogens is 1. The van der Waals surface area contributed by atoms with Crippen molar-refractivity contribution in [3.63, 3.8) is 0 Å². The zero-order valence-electron chi connectivity index (χ0n) is 15.3. The molecular weight excluding hydrogens is 314 g/mol. The summed E-state index contributed by atoms with van der Waals surface area (Å²) in [4.78, 5) is 17.7. The van der Waals surface area contributed by atoms with Gasteiger partial charge in [0.2, 0.25) is 0 Å². The van der Waals surface area contributed by atoms with Crippen LogP contribution in [0.15, 0.2) is 24.3 Å². The minimum atomic E-state index is -0.350. The highest BCUT2D eigenvalue weighted by molar-refractivity contribution is 5.84. The second kappa shape index (κ2) is 5.77. The van der Waals surface area contributed by atoms with E-state index in [0.717, 1.165) is 38.9 Å². The van der Waals surface area contributed by atoms with Crippen LogP contribution in [-0.2, 0) is 11.2 Å². The number of rotatable bonds is 3. The van der Waals surface area contributed by atoms with Gasteiger partial charge in [-0.25, -0.2) is 4.79 Å². The third kappa shape index (κ3) is 2.71. The number of hydrogen-bond donors (Lipinski definition) is 2. The van der Waals surface area contributed by atoms with Gasteiger partial charge >= 0.3 is 6.09 Å². The number of ether oxygens (including phenoxy) is 1. The molecule has 134 valence electrons. The van der Waals surface area contributed by atoms with Crippen molar-refractivity contribution in [2.24, 2.45) is 0 Å². The SMILES string of the molecule is Cc1[nH]c2ccccc2c1CCN1CCC2(CC1)OC(=O)NC2(C)C. The van der Waals surface area contributed by atoms with E-state index in [1.54, 1.807) is 0 Å². The Balaban J connectivity index is 1.41. The summed E-state index contributed by atoms with van der Waals surface area (Å²) in [7, 11) is 0. The molecule has 0 unspecified atom stereocenters. The van der Waals surface area contributed by atoms with Crippen LogP contribution in [0.4, 0.5) is 4.79 Å². The number of hydrogen-bond acceptors (Lipinski definition) is 3. The van der Waals surface area contributed by atoms with Crippen molar-refractivity contribution < 1.29 is 9.53 Å². The van der Waals surface area contributed by atoms with E-state index in [1.165, 1.54) is 22.2 Å². The van der Waals surface area contributed by atoms with Gasteiger partial charge in [0.1, 0.15) is 5.60 Å². The molecule has 2 fully saturated rings. The summed E-state index contributed by atoms with van der Waals surface area (Å²) in [6.07, 6.45) is 2.56. The molecule has 1 amide bonds. The van der Waals surface area contributed by atoms with Crippen LogP contribution in [0.3, 0.4) is 0 Å². The Kier molecular flexibility index (Phi) is 3.80. The predicted octanol–water partition coefficient (Wildman–Crippen LogP) is 3.37. The number of amides is 1. The van der Waals surface area contributed by atoms with Gasteiger partial charge in [0.25, 0.3) is 0 Å². The number of carbonyl (C=O) groups is 1. The largest absolute Gasteiger partial charge is 0.440 e. The predicted molar refractivity (Wildman–Crippen MR) is 98.8 cm³/mol. The van der Waals surface area contributed by atoms with Crippen molar-refractivity contribution in [1.82, 2.24) is 15.2 Å². The van der Waals surface area contributed by atoms with E-state index in [-0.39, 0.29) is 17.2 Å². The van der Waals surface area contributed by atoms with Crippen molar-refractivity contribution in [2.45, 2.75) is 51.2 Å². The lowest BCUT2D eigenvalue weighted by Gasteiger charge is -2.44. The third-order valence-corrected chi connectivity index (χ3v) is 6.21. The first-order chi connectivity index (χ1) is 11.9. The minimum Gasteiger partial charge on any atom is -0.440 e. The minimum absolute atomic E-state index is 0.270. The van der Waals surface area contributed by atoms with Crippen LogP contribution in [0.5, 0.6) is 0 Å². The first kappa shape index (κ1) is 16.5. The molecule has 2 aliphatic heterocycles. The zero-order chi connectivity index (χ0) is 17.7. The Labute approximate surface area is 148 Å². The van der Waals surface area contributed by atoms with Crippen molar-refractivity contribution >= 4 is 17.0 Å². The Morgan fingerprint density at radius 2 is 1.92 bits per heavy atom. The topological polar surface area (TPSA) is 57.4 Å². The summed E-state index contributed by atoms with van der Waals surface area (Å²) in [6.45, 7) is 9.29. The highest BCUT2D eigenvalue weighted by Gasteiger charge is 2.55. The number of likely N-dealkylation sites (tertiary alicyclic amines) is 1. The fourth-order valence-electron chi connectivity index (χ4n) is 4.49. The summed E-state index contributed by atoms with van der Waals surface area (Å²) < 4.78 is 5.70. The molecule has 0 radical (unpaired) electrons. The number of aryl methyl sites for hydroxylation is 1. The average Bonchev–Trinajstić information content (AvgIpc) is 2.99. The lowest BCUT2D eigenvalue weighted by Crippen LogP contribution is -2.57. The van der Waals surface area contributed by atoms with Crippen molar-refractivity contribution in [3.8, 4) is 0 Å². The van der Waals surface area contributed by atoms with E-state index in [0.29, 0.717) is 0 Å². The Morgan fingerprint density at radius 1 is 1.20 bits per heavy atom. The quantitative estimate of drug-likeness (QED) is 0.900. The number of aromatic amines is 1. The van der Waals surface area contributed by atoms with Gasteiger partial charge in [0.15, 0.2) is 0 Å². The normalized spacial score (nSPS) is 22.3. The Bertz CT molecular complexity index is 800. The maximum atomic E-state index is 11.7. The summed E-state index contributed by atoms with van der Waals surface area (Å²) >= 11 is 0. The van der Waals surface area contributed by atoms with Gasteiger partial charge in [0, 0.05) is 49.1 Å². The monoisotopic (exact) mass is 341 g/mol. The van der Waals surface area contributed by atoms with Crippen LogP contribution >= 0.6 is 0 Å². The van der Waals surface area contributed by atoms with Crippen LogP contribution in [-0.4, -0.2) is 46.8 Å². The molecule has 0 saturated carbocycles. The van der Waals surface area contributed by atoms with Gasteiger partial charge in [-0.3, -0.25) is 0 Å². The molecule has 2 aromatic rings. The smallest absolute Gasteiger partial charge is 0.408 e. The van der Waals surface area contributed by atoms with E-state index in [4.69, 9.17) is 4.74 Å². The number of piperidine rings is 1. The first-order valence-corrected chi connectivity index (χ1v) is 9.20. The first-order valence-electron chi connectivity index (χ1n) is 9.20. The number of benzene rings is 1. The average molecular weight is 341 g/mol. The molecule has 0 bridgehead atoms. The van der Waals surface area contributed by atoms with E-state index in [1.807, 2.05) is 0 Å². The van der Waals surface area contributed by atoms with Gasteiger partial charge in [-0.1, -0.05) is 18.2 Å². The fraction of sp³-hybridized carbons (Fsp3) is 0.550. The highest BCUT2D eigenvalue weighted by atomic mass is 16.6. The molecular formula is C20H27N3O2. The molecule has 0 aliphatic carbocycles. The van der Waals surface area contributed by atoms with Crippen LogP contribution in [0.2, 0.25) is 0 Å².